The summed E-state index contributed by atoms with van der Waals surface area (Å²) in [7, 11) is 0.346. The number of hydrogen-bond donors (Lipinski definition) is 2. The molecule has 1 saturated heterocycles. The van der Waals surface area contributed by atoms with Crippen molar-refractivity contribution in [3.63, 3.8) is 0 Å². The van der Waals surface area contributed by atoms with Gasteiger partial charge in [-0.2, -0.15) is 0 Å². The van der Waals surface area contributed by atoms with E-state index in [-0.39, 0.29) is 23.1 Å². The quantitative estimate of drug-likeness (QED) is 0.400. The Morgan fingerprint density at radius 3 is 2.68 bits per heavy atom. The van der Waals surface area contributed by atoms with Crippen molar-refractivity contribution in [3.8, 4) is 5.75 Å². The van der Waals surface area contributed by atoms with Gasteiger partial charge >= 0.3 is 0 Å². The minimum atomic E-state index is -3.67. The lowest BCUT2D eigenvalue weighted by atomic mass is 10.1. The molecule has 3 N–H and O–H groups in total. The number of halogens is 2. The number of sulfonamides is 1. The summed E-state index contributed by atoms with van der Waals surface area (Å²) in [6.07, 6.45) is 1.23. The molecule has 0 amide bonds. The first-order valence-electron chi connectivity index (χ1n) is 12.5. The van der Waals surface area contributed by atoms with Crippen LogP contribution in [0.3, 0.4) is 0 Å². The largest absolute Gasteiger partial charge is 0.484 e. The van der Waals surface area contributed by atoms with Crippen molar-refractivity contribution in [2.45, 2.75) is 42.8 Å². The maximum absolute atomic E-state index is 13.1. The minimum Gasteiger partial charge on any atom is -0.484 e. The van der Waals surface area contributed by atoms with Gasteiger partial charge in [-0.05, 0) is 81.9 Å². The fourth-order valence-electron chi connectivity index (χ4n) is 5.07. The molecule has 1 aliphatic heterocycles. The van der Waals surface area contributed by atoms with Crippen LogP contribution in [0.15, 0.2) is 35.2 Å². The Morgan fingerprint density at radius 1 is 1.19 bits per heavy atom. The molecule has 0 unspecified atom stereocenters. The number of fused-ring (bicyclic) bond motifs is 1. The molecule has 11 heteroatoms. The van der Waals surface area contributed by atoms with Crippen LogP contribution in [0.4, 0.5) is 0 Å². The number of benzene rings is 2. The molecule has 2 aromatic carbocycles. The Hall–Kier alpha value is -1.43. The monoisotopic (exact) mass is 570 g/mol. The second-order valence-electron chi connectivity index (χ2n) is 9.96. The van der Waals surface area contributed by atoms with Gasteiger partial charge in [-0.1, -0.05) is 23.2 Å². The van der Waals surface area contributed by atoms with Crippen LogP contribution in [0, 0.1) is 6.92 Å². The maximum atomic E-state index is 13.1. The Balaban J connectivity index is 1.44. The fourth-order valence-corrected chi connectivity index (χ4v) is 7.00. The van der Waals surface area contributed by atoms with Crippen molar-refractivity contribution in [2.24, 2.45) is 5.73 Å². The number of nitrogens with two attached hydrogens (primary N) is 1. The number of ether oxygens (including phenoxy) is 2. The first-order chi connectivity index (χ1) is 17.6. The summed E-state index contributed by atoms with van der Waals surface area (Å²) in [6, 6.07) is 8.59. The van der Waals surface area contributed by atoms with Gasteiger partial charge in [0.25, 0.3) is 0 Å². The standard InChI is InChI=1S/C26H36Cl2N4O4S/c1-17-12-20(37(33,34)30-19-6-8-32(16-19)9-11-35-10-7-29)4-5-25(17)36-26-22-13-18(27)14-23(28)21(22)15-24(26)31(2)3/h4-5,12-14,19,24,26,30H,6-11,15-16,29H2,1-3H3/t19-,24-,26-/m0/s1. The predicted octanol–water partition coefficient (Wildman–Crippen LogP) is 3.24. The van der Waals surface area contributed by atoms with Gasteiger partial charge in [0, 0.05) is 41.3 Å². The molecule has 0 spiro atoms. The lowest BCUT2D eigenvalue weighted by molar-refractivity contribution is 0.110. The number of hydrogen-bond acceptors (Lipinski definition) is 7. The Kier molecular flexibility index (Phi) is 9.40. The summed E-state index contributed by atoms with van der Waals surface area (Å²) >= 11 is 12.8. The van der Waals surface area contributed by atoms with E-state index in [1.165, 1.54) is 0 Å². The third kappa shape index (κ3) is 6.78. The van der Waals surface area contributed by atoms with Crippen LogP contribution < -0.4 is 15.2 Å². The van der Waals surface area contributed by atoms with Crippen molar-refractivity contribution >= 4 is 33.2 Å². The first kappa shape index (κ1) is 28.6. The molecule has 4 rings (SSSR count). The van der Waals surface area contributed by atoms with Crippen LogP contribution in [0.25, 0.3) is 0 Å². The van der Waals surface area contributed by atoms with Gasteiger partial charge in [0.15, 0.2) is 0 Å². The SMILES string of the molecule is Cc1cc(S(=O)(=O)N[C@H]2CCN(CCOCCN)C2)ccc1O[C@H]1c2cc(Cl)cc(Cl)c2C[C@@H]1N(C)C. The number of aryl methyl sites for hydroxylation is 1. The molecule has 0 radical (unpaired) electrons. The summed E-state index contributed by atoms with van der Waals surface area (Å²) in [4.78, 5) is 4.54. The summed E-state index contributed by atoms with van der Waals surface area (Å²) in [5.41, 5.74) is 8.19. The van der Waals surface area contributed by atoms with Crippen LogP contribution in [-0.2, 0) is 21.2 Å². The van der Waals surface area contributed by atoms with Gasteiger partial charge in [0.2, 0.25) is 10.0 Å². The van der Waals surface area contributed by atoms with Gasteiger partial charge in [0.05, 0.1) is 24.2 Å². The van der Waals surface area contributed by atoms with Crippen LogP contribution in [0.1, 0.15) is 29.2 Å². The number of likely N-dealkylation sites (N-methyl/N-ethyl adjacent to an activating group) is 1. The molecule has 2 aliphatic rings. The van der Waals surface area contributed by atoms with Crippen molar-refractivity contribution in [3.05, 3.63) is 57.1 Å². The zero-order valence-electron chi connectivity index (χ0n) is 21.5. The molecular weight excluding hydrogens is 535 g/mol. The van der Waals surface area contributed by atoms with Gasteiger partial charge in [-0.3, -0.25) is 4.90 Å². The van der Waals surface area contributed by atoms with Gasteiger partial charge in [-0.25, -0.2) is 13.1 Å². The lowest BCUT2D eigenvalue weighted by Crippen LogP contribution is -2.37. The first-order valence-corrected chi connectivity index (χ1v) is 14.8. The zero-order valence-corrected chi connectivity index (χ0v) is 23.9. The molecule has 37 heavy (non-hydrogen) atoms. The van der Waals surface area contributed by atoms with Crippen LogP contribution in [-0.4, -0.2) is 83.8 Å². The average Bonchev–Trinajstić information content (AvgIpc) is 3.42. The lowest BCUT2D eigenvalue weighted by Gasteiger charge is -2.28. The van der Waals surface area contributed by atoms with E-state index in [9.17, 15) is 8.42 Å². The normalized spacial score (nSPS) is 22.1. The van der Waals surface area contributed by atoms with Crippen molar-refractivity contribution < 1.29 is 17.9 Å². The van der Waals surface area contributed by atoms with Gasteiger partial charge in [0.1, 0.15) is 11.9 Å². The van der Waals surface area contributed by atoms with E-state index < -0.39 is 10.0 Å². The van der Waals surface area contributed by atoms with Gasteiger partial charge < -0.3 is 20.1 Å². The highest BCUT2D eigenvalue weighted by Gasteiger charge is 2.37. The second kappa shape index (κ2) is 12.2. The highest BCUT2D eigenvalue weighted by molar-refractivity contribution is 7.89. The topological polar surface area (TPSA) is 97.1 Å². The highest BCUT2D eigenvalue weighted by Crippen LogP contribution is 2.42. The molecule has 3 atom stereocenters. The Labute approximate surface area is 230 Å². The number of nitrogens with one attached hydrogen (secondary N) is 1. The zero-order chi connectivity index (χ0) is 26.7. The van der Waals surface area contributed by atoms with E-state index in [2.05, 4.69) is 14.5 Å². The third-order valence-corrected chi connectivity index (χ3v) is 9.12. The van der Waals surface area contributed by atoms with E-state index in [1.807, 2.05) is 27.1 Å². The fraction of sp³-hybridized carbons (Fsp3) is 0.538. The molecule has 1 heterocycles. The highest BCUT2D eigenvalue weighted by atomic mass is 35.5. The molecule has 2 aromatic rings. The van der Waals surface area contributed by atoms with E-state index in [4.69, 9.17) is 38.4 Å². The van der Waals surface area contributed by atoms with E-state index >= 15 is 0 Å². The molecule has 0 aromatic heterocycles. The van der Waals surface area contributed by atoms with Crippen molar-refractivity contribution in [1.82, 2.24) is 14.5 Å². The number of likely N-dealkylation sites (tertiary alicyclic amines) is 1. The average molecular weight is 572 g/mol. The van der Waals surface area contributed by atoms with Crippen molar-refractivity contribution in [1.29, 1.82) is 0 Å². The van der Waals surface area contributed by atoms with Crippen molar-refractivity contribution in [2.75, 3.05) is 53.5 Å². The Morgan fingerprint density at radius 2 is 1.97 bits per heavy atom. The smallest absolute Gasteiger partial charge is 0.240 e. The Bertz CT molecular complexity index is 1210. The summed E-state index contributed by atoms with van der Waals surface area (Å²) < 4.78 is 41.1. The van der Waals surface area contributed by atoms with E-state index in [0.29, 0.717) is 42.1 Å². The summed E-state index contributed by atoms with van der Waals surface area (Å²) in [5.74, 6) is 0.629. The molecule has 0 bridgehead atoms. The number of rotatable bonds is 11. The number of nitrogens with zero attached hydrogens (tertiary/aromatic N) is 2. The molecule has 1 aliphatic carbocycles. The molecule has 8 nitrogen and oxygen atoms in total. The maximum Gasteiger partial charge on any atom is 0.240 e. The van der Waals surface area contributed by atoms with Crippen LogP contribution in [0.2, 0.25) is 10.0 Å². The molecule has 204 valence electrons. The van der Waals surface area contributed by atoms with E-state index in [0.717, 1.165) is 42.6 Å². The molecular formula is C26H36Cl2N4O4S. The summed E-state index contributed by atoms with van der Waals surface area (Å²) in [6.45, 7) is 5.73. The summed E-state index contributed by atoms with van der Waals surface area (Å²) in [5, 5.41) is 1.20. The van der Waals surface area contributed by atoms with Crippen LogP contribution >= 0.6 is 23.2 Å². The van der Waals surface area contributed by atoms with Gasteiger partial charge in [-0.15, -0.1) is 0 Å². The minimum absolute atomic E-state index is 0.0708. The predicted molar refractivity (Wildman–Crippen MR) is 147 cm³/mol. The molecule has 0 saturated carbocycles. The molecule has 1 fully saturated rings. The van der Waals surface area contributed by atoms with Crippen LogP contribution in [0.5, 0.6) is 5.75 Å². The second-order valence-corrected chi connectivity index (χ2v) is 12.5. The third-order valence-electron chi connectivity index (χ3n) is 7.05. The van der Waals surface area contributed by atoms with E-state index in [1.54, 1.807) is 24.3 Å².